The number of hydrogen-bond acceptors (Lipinski definition) is 6. The molecular weight excluding hydrogens is 278 g/mol. The summed E-state index contributed by atoms with van der Waals surface area (Å²) in [5.74, 6) is 0.128. The third-order valence-corrected chi connectivity index (χ3v) is 4.60. The molecule has 1 aliphatic carbocycles. The summed E-state index contributed by atoms with van der Waals surface area (Å²) in [7, 11) is 2.12. The molecule has 1 saturated carbocycles. The standard InChI is InChI=1S/C12H19N5O2S/c1-15-4-6-16(7-5-15)11-13-14-12(20-8-10(18)19)17(11)9-2-3-9/h9H,2-8H2,1H3,(H,18,19). The minimum Gasteiger partial charge on any atom is -0.481 e. The molecule has 3 rings (SSSR count). The van der Waals surface area contributed by atoms with Gasteiger partial charge in [0.15, 0.2) is 5.16 Å². The smallest absolute Gasteiger partial charge is 0.313 e. The number of piperazine rings is 1. The molecule has 1 saturated heterocycles. The van der Waals surface area contributed by atoms with Crippen LogP contribution in [0.4, 0.5) is 5.95 Å². The molecule has 110 valence electrons. The molecule has 0 unspecified atom stereocenters. The minimum atomic E-state index is -0.818. The molecule has 8 heteroatoms. The zero-order chi connectivity index (χ0) is 14.1. The number of anilines is 1. The van der Waals surface area contributed by atoms with Gasteiger partial charge in [0.2, 0.25) is 5.95 Å². The van der Waals surface area contributed by atoms with Gasteiger partial charge in [0.25, 0.3) is 0 Å². The third-order valence-electron chi connectivity index (χ3n) is 3.67. The van der Waals surface area contributed by atoms with E-state index < -0.39 is 5.97 Å². The summed E-state index contributed by atoms with van der Waals surface area (Å²) in [5.41, 5.74) is 0. The topological polar surface area (TPSA) is 74.5 Å². The van der Waals surface area contributed by atoms with Crippen molar-refractivity contribution in [1.82, 2.24) is 19.7 Å². The molecule has 0 spiro atoms. The van der Waals surface area contributed by atoms with Crippen LogP contribution in [0.2, 0.25) is 0 Å². The van der Waals surface area contributed by atoms with E-state index >= 15 is 0 Å². The van der Waals surface area contributed by atoms with Crippen LogP contribution < -0.4 is 4.90 Å². The average Bonchev–Trinajstić information content (AvgIpc) is 3.17. The molecule has 0 bridgehead atoms. The zero-order valence-electron chi connectivity index (χ0n) is 11.5. The van der Waals surface area contributed by atoms with Crippen LogP contribution in [-0.4, -0.2) is 69.7 Å². The van der Waals surface area contributed by atoms with E-state index in [1.54, 1.807) is 0 Å². The number of likely N-dealkylation sites (N-methyl/N-ethyl adjacent to an activating group) is 1. The van der Waals surface area contributed by atoms with Crippen LogP contribution in [0, 0.1) is 0 Å². The molecule has 1 aliphatic heterocycles. The van der Waals surface area contributed by atoms with Crippen molar-refractivity contribution in [2.45, 2.75) is 24.0 Å². The Kier molecular flexibility index (Phi) is 3.84. The second kappa shape index (κ2) is 5.61. The quantitative estimate of drug-likeness (QED) is 0.795. The Labute approximate surface area is 121 Å². The van der Waals surface area contributed by atoms with Gasteiger partial charge in [-0.3, -0.25) is 9.36 Å². The van der Waals surface area contributed by atoms with E-state index in [9.17, 15) is 4.79 Å². The summed E-state index contributed by atoms with van der Waals surface area (Å²) in [6.45, 7) is 3.94. The van der Waals surface area contributed by atoms with Gasteiger partial charge in [-0.15, -0.1) is 10.2 Å². The molecule has 7 nitrogen and oxygen atoms in total. The summed E-state index contributed by atoms with van der Waals surface area (Å²) in [4.78, 5) is 15.3. The van der Waals surface area contributed by atoms with Gasteiger partial charge in [0.05, 0.1) is 5.75 Å². The third kappa shape index (κ3) is 2.90. The van der Waals surface area contributed by atoms with Crippen molar-refractivity contribution in [3.8, 4) is 0 Å². The lowest BCUT2D eigenvalue weighted by Crippen LogP contribution is -2.45. The molecule has 1 aromatic rings. The molecule has 0 radical (unpaired) electrons. The van der Waals surface area contributed by atoms with Crippen LogP contribution in [-0.2, 0) is 4.79 Å². The first-order chi connectivity index (χ1) is 9.65. The first kappa shape index (κ1) is 13.7. The lowest BCUT2D eigenvalue weighted by molar-refractivity contribution is -0.133. The van der Waals surface area contributed by atoms with Crippen LogP contribution in [0.5, 0.6) is 0 Å². The molecule has 1 N–H and O–H groups in total. The number of rotatable bonds is 5. The normalized spacial score (nSPS) is 20.4. The number of hydrogen-bond donors (Lipinski definition) is 1. The van der Waals surface area contributed by atoms with Gasteiger partial charge >= 0.3 is 5.97 Å². The fourth-order valence-corrected chi connectivity index (χ4v) is 3.09. The highest BCUT2D eigenvalue weighted by Gasteiger charge is 2.32. The van der Waals surface area contributed by atoms with Crippen LogP contribution >= 0.6 is 11.8 Å². The number of carbonyl (C=O) groups is 1. The van der Waals surface area contributed by atoms with Gasteiger partial charge in [-0.2, -0.15) is 0 Å². The molecule has 20 heavy (non-hydrogen) atoms. The van der Waals surface area contributed by atoms with Gasteiger partial charge in [0.1, 0.15) is 0 Å². The SMILES string of the molecule is CN1CCN(c2nnc(SCC(=O)O)n2C2CC2)CC1. The van der Waals surface area contributed by atoms with E-state index in [1.807, 2.05) is 0 Å². The van der Waals surface area contributed by atoms with Crippen molar-refractivity contribution in [3.05, 3.63) is 0 Å². The van der Waals surface area contributed by atoms with Gasteiger partial charge in [0, 0.05) is 32.2 Å². The monoisotopic (exact) mass is 297 g/mol. The number of thioether (sulfide) groups is 1. The first-order valence-corrected chi connectivity index (χ1v) is 7.86. The Morgan fingerprint density at radius 3 is 2.60 bits per heavy atom. The predicted octanol–water partition coefficient (Wildman–Crippen LogP) is 0.541. The maximum atomic E-state index is 10.7. The van der Waals surface area contributed by atoms with E-state index in [0.717, 1.165) is 50.1 Å². The fraction of sp³-hybridized carbons (Fsp3) is 0.750. The lowest BCUT2D eigenvalue weighted by atomic mass is 10.3. The number of aliphatic carboxylic acids is 1. The van der Waals surface area contributed by atoms with Gasteiger partial charge in [-0.05, 0) is 19.9 Å². The van der Waals surface area contributed by atoms with Gasteiger partial charge in [-0.25, -0.2) is 0 Å². The summed E-state index contributed by atoms with van der Waals surface area (Å²) in [6, 6.07) is 0.455. The zero-order valence-corrected chi connectivity index (χ0v) is 12.3. The molecule has 0 atom stereocenters. The van der Waals surface area contributed by atoms with E-state index in [4.69, 9.17) is 5.11 Å². The fourth-order valence-electron chi connectivity index (χ4n) is 2.37. The maximum Gasteiger partial charge on any atom is 0.313 e. The Morgan fingerprint density at radius 1 is 1.30 bits per heavy atom. The highest BCUT2D eigenvalue weighted by atomic mass is 32.2. The maximum absolute atomic E-state index is 10.7. The van der Waals surface area contributed by atoms with Crippen LogP contribution in [0.15, 0.2) is 5.16 Å². The van der Waals surface area contributed by atoms with Gasteiger partial charge in [-0.1, -0.05) is 11.8 Å². The van der Waals surface area contributed by atoms with E-state index in [0.29, 0.717) is 6.04 Å². The van der Waals surface area contributed by atoms with E-state index in [2.05, 4.69) is 31.6 Å². The van der Waals surface area contributed by atoms with Gasteiger partial charge < -0.3 is 14.9 Å². The molecule has 2 fully saturated rings. The Hall–Kier alpha value is -1.28. The molecule has 1 aromatic heterocycles. The Balaban J connectivity index is 1.78. The van der Waals surface area contributed by atoms with E-state index in [1.165, 1.54) is 11.8 Å². The number of aromatic nitrogens is 3. The van der Waals surface area contributed by atoms with Crippen molar-refractivity contribution in [1.29, 1.82) is 0 Å². The molecule has 0 aromatic carbocycles. The average molecular weight is 297 g/mol. The van der Waals surface area contributed by atoms with Crippen LogP contribution in [0.3, 0.4) is 0 Å². The van der Waals surface area contributed by atoms with Crippen molar-refractivity contribution < 1.29 is 9.90 Å². The second-order valence-corrected chi connectivity index (χ2v) is 6.30. The minimum absolute atomic E-state index is 0.0353. The Bertz CT molecular complexity index is 494. The first-order valence-electron chi connectivity index (χ1n) is 6.88. The lowest BCUT2D eigenvalue weighted by Gasteiger charge is -2.33. The summed E-state index contributed by atoms with van der Waals surface area (Å²) >= 11 is 1.26. The molecule has 0 amide bonds. The Morgan fingerprint density at radius 2 is 2.00 bits per heavy atom. The van der Waals surface area contributed by atoms with Crippen molar-refractivity contribution in [2.75, 3.05) is 43.9 Å². The summed E-state index contributed by atoms with van der Waals surface area (Å²) < 4.78 is 2.14. The summed E-state index contributed by atoms with van der Waals surface area (Å²) in [6.07, 6.45) is 2.28. The van der Waals surface area contributed by atoms with Crippen molar-refractivity contribution >= 4 is 23.7 Å². The largest absolute Gasteiger partial charge is 0.481 e. The predicted molar refractivity (Wildman–Crippen MR) is 76.4 cm³/mol. The van der Waals surface area contributed by atoms with Crippen LogP contribution in [0.1, 0.15) is 18.9 Å². The molecule has 2 aliphatic rings. The van der Waals surface area contributed by atoms with Crippen LogP contribution in [0.25, 0.3) is 0 Å². The second-order valence-electron chi connectivity index (χ2n) is 5.36. The molecule has 2 heterocycles. The van der Waals surface area contributed by atoms with E-state index in [-0.39, 0.29) is 5.75 Å². The highest BCUT2D eigenvalue weighted by molar-refractivity contribution is 7.99. The molecular formula is C12H19N5O2S. The van der Waals surface area contributed by atoms with Crippen molar-refractivity contribution in [2.24, 2.45) is 0 Å². The highest BCUT2D eigenvalue weighted by Crippen LogP contribution is 2.41. The van der Waals surface area contributed by atoms with Crippen molar-refractivity contribution in [3.63, 3.8) is 0 Å². The summed E-state index contributed by atoms with van der Waals surface area (Å²) in [5, 5.41) is 18.1. The number of nitrogens with zero attached hydrogens (tertiary/aromatic N) is 5. The number of carboxylic acids is 1. The number of carboxylic acid groups (broad SMARTS) is 1.